The van der Waals surface area contributed by atoms with Crippen molar-refractivity contribution in [2.45, 2.75) is 6.61 Å². The van der Waals surface area contributed by atoms with E-state index in [9.17, 15) is 9.59 Å². The number of hydroxylamine groups is 1. The Bertz CT molecular complexity index is 999. The Morgan fingerprint density at radius 1 is 0.931 bits per heavy atom. The maximum absolute atomic E-state index is 12.2. The van der Waals surface area contributed by atoms with Gasteiger partial charge in [-0.05, 0) is 41.5 Å². The van der Waals surface area contributed by atoms with Crippen molar-refractivity contribution in [1.29, 1.82) is 0 Å². The average Bonchev–Trinajstić information content (AvgIpc) is 2.77. The summed E-state index contributed by atoms with van der Waals surface area (Å²) in [5.74, 6) is -0.219. The first kappa shape index (κ1) is 19.9. The number of rotatable bonds is 7. The number of ether oxygens (including phenoxy) is 1. The zero-order chi connectivity index (χ0) is 20.5. The maximum atomic E-state index is 12.2. The van der Waals surface area contributed by atoms with E-state index in [1.165, 1.54) is 6.08 Å². The van der Waals surface area contributed by atoms with Crippen LogP contribution >= 0.6 is 0 Å². The lowest BCUT2D eigenvalue weighted by atomic mass is 10.1. The Morgan fingerprint density at radius 3 is 2.41 bits per heavy atom. The number of benzene rings is 3. The van der Waals surface area contributed by atoms with Crippen LogP contribution in [0.15, 0.2) is 84.9 Å². The first-order valence-electron chi connectivity index (χ1n) is 8.94. The Balaban J connectivity index is 1.56. The molecule has 0 bridgehead atoms. The molecular weight excluding hydrogens is 368 g/mol. The fourth-order valence-corrected chi connectivity index (χ4v) is 2.57. The molecule has 0 saturated carbocycles. The van der Waals surface area contributed by atoms with E-state index in [1.807, 2.05) is 42.5 Å². The summed E-state index contributed by atoms with van der Waals surface area (Å²) < 4.78 is 5.76. The quantitative estimate of drug-likeness (QED) is 0.324. The van der Waals surface area contributed by atoms with Gasteiger partial charge < -0.3 is 10.1 Å². The molecule has 0 spiro atoms. The van der Waals surface area contributed by atoms with Gasteiger partial charge in [-0.15, -0.1) is 0 Å². The topological polar surface area (TPSA) is 87.7 Å². The molecule has 3 rings (SSSR count). The van der Waals surface area contributed by atoms with Gasteiger partial charge in [0.1, 0.15) is 12.4 Å². The van der Waals surface area contributed by atoms with Crippen LogP contribution in [0.5, 0.6) is 5.75 Å². The molecule has 0 unspecified atom stereocenters. The minimum atomic E-state index is -0.590. The van der Waals surface area contributed by atoms with Crippen molar-refractivity contribution in [3.8, 4) is 5.75 Å². The van der Waals surface area contributed by atoms with Crippen molar-refractivity contribution < 1.29 is 19.5 Å². The largest absolute Gasteiger partial charge is 0.489 e. The van der Waals surface area contributed by atoms with E-state index in [0.29, 0.717) is 23.6 Å². The Kier molecular flexibility index (Phi) is 6.75. The summed E-state index contributed by atoms with van der Waals surface area (Å²) in [5.41, 5.74) is 4.32. The van der Waals surface area contributed by atoms with E-state index in [-0.39, 0.29) is 5.91 Å². The van der Waals surface area contributed by atoms with Crippen LogP contribution < -0.4 is 15.5 Å². The Morgan fingerprint density at radius 2 is 1.69 bits per heavy atom. The monoisotopic (exact) mass is 388 g/mol. The minimum absolute atomic E-state index is 0.289. The molecule has 6 heteroatoms. The molecule has 0 radical (unpaired) electrons. The zero-order valence-electron chi connectivity index (χ0n) is 15.5. The van der Waals surface area contributed by atoms with Crippen molar-refractivity contribution in [1.82, 2.24) is 5.48 Å². The predicted octanol–water partition coefficient (Wildman–Crippen LogP) is 4.04. The van der Waals surface area contributed by atoms with E-state index < -0.39 is 5.91 Å². The lowest BCUT2D eigenvalue weighted by Crippen LogP contribution is -2.18. The number of carbonyl (C=O) groups is 2. The normalized spacial score (nSPS) is 10.5. The van der Waals surface area contributed by atoms with Crippen molar-refractivity contribution in [3.63, 3.8) is 0 Å². The molecule has 0 aliphatic carbocycles. The molecule has 3 N–H and O–H groups in total. The van der Waals surface area contributed by atoms with Gasteiger partial charge in [0.2, 0.25) is 5.91 Å². The maximum Gasteiger partial charge on any atom is 0.274 e. The smallest absolute Gasteiger partial charge is 0.274 e. The Hall–Kier alpha value is -3.90. The first-order chi connectivity index (χ1) is 14.1. The zero-order valence-corrected chi connectivity index (χ0v) is 15.5. The Labute approximate surface area is 168 Å². The summed E-state index contributed by atoms with van der Waals surface area (Å²) in [6, 6.07) is 23.5. The second-order valence-corrected chi connectivity index (χ2v) is 6.19. The third-order valence-corrected chi connectivity index (χ3v) is 4.05. The highest BCUT2D eigenvalue weighted by Gasteiger charge is 2.03. The standard InChI is InChI=1S/C23H20N2O4/c26-22(14-11-17-9-12-19(13-10-17)23(27)25-28)24-20-7-4-8-21(15-20)29-16-18-5-2-1-3-6-18/h1-15,28H,16H2,(H,24,26)(H,25,27). The summed E-state index contributed by atoms with van der Waals surface area (Å²) in [6.45, 7) is 0.447. The number of anilines is 1. The summed E-state index contributed by atoms with van der Waals surface area (Å²) in [6.07, 6.45) is 3.03. The summed E-state index contributed by atoms with van der Waals surface area (Å²) >= 11 is 0. The van der Waals surface area contributed by atoms with Crippen LogP contribution in [0.25, 0.3) is 6.08 Å². The second-order valence-electron chi connectivity index (χ2n) is 6.19. The van der Waals surface area contributed by atoms with Crippen molar-refractivity contribution in [3.05, 3.63) is 102 Å². The highest BCUT2D eigenvalue weighted by atomic mass is 16.5. The third kappa shape index (κ3) is 6.05. The molecule has 29 heavy (non-hydrogen) atoms. The van der Waals surface area contributed by atoms with Crippen LogP contribution in [0.1, 0.15) is 21.5 Å². The van der Waals surface area contributed by atoms with Gasteiger partial charge in [-0.2, -0.15) is 0 Å². The summed E-state index contributed by atoms with van der Waals surface area (Å²) in [7, 11) is 0. The number of hydrogen-bond donors (Lipinski definition) is 3. The molecule has 0 atom stereocenters. The van der Waals surface area contributed by atoms with Crippen LogP contribution in [0, 0.1) is 0 Å². The lowest BCUT2D eigenvalue weighted by molar-refractivity contribution is -0.111. The fourth-order valence-electron chi connectivity index (χ4n) is 2.57. The minimum Gasteiger partial charge on any atom is -0.489 e. The summed E-state index contributed by atoms with van der Waals surface area (Å²) in [5, 5.41) is 11.4. The summed E-state index contributed by atoms with van der Waals surface area (Å²) in [4.78, 5) is 23.5. The van der Waals surface area contributed by atoms with Gasteiger partial charge in [0.05, 0.1) is 0 Å². The molecule has 0 heterocycles. The van der Waals surface area contributed by atoms with Crippen molar-refractivity contribution in [2.24, 2.45) is 0 Å². The number of hydrogen-bond acceptors (Lipinski definition) is 4. The molecule has 0 aliphatic heterocycles. The van der Waals surface area contributed by atoms with Gasteiger partial charge in [0.25, 0.3) is 5.91 Å². The van der Waals surface area contributed by atoms with E-state index in [4.69, 9.17) is 9.94 Å². The van der Waals surface area contributed by atoms with Gasteiger partial charge in [-0.1, -0.05) is 48.5 Å². The van der Waals surface area contributed by atoms with E-state index in [2.05, 4.69) is 5.32 Å². The van der Waals surface area contributed by atoms with Crippen molar-refractivity contribution >= 4 is 23.6 Å². The third-order valence-electron chi connectivity index (χ3n) is 4.05. The number of nitrogens with one attached hydrogen (secondary N) is 2. The van der Waals surface area contributed by atoms with E-state index >= 15 is 0 Å². The molecule has 0 aromatic heterocycles. The molecule has 0 fully saturated rings. The highest BCUT2D eigenvalue weighted by molar-refractivity contribution is 6.02. The highest BCUT2D eigenvalue weighted by Crippen LogP contribution is 2.19. The van der Waals surface area contributed by atoms with Crippen LogP contribution in [-0.4, -0.2) is 17.0 Å². The van der Waals surface area contributed by atoms with E-state index in [0.717, 1.165) is 11.1 Å². The SMILES string of the molecule is O=C(C=Cc1ccc(C(=O)NO)cc1)Nc1cccc(OCc2ccccc2)c1. The van der Waals surface area contributed by atoms with Gasteiger partial charge in [-0.25, -0.2) is 5.48 Å². The van der Waals surface area contributed by atoms with Crippen molar-refractivity contribution in [2.75, 3.05) is 5.32 Å². The lowest BCUT2D eigenvalue weighted by Gasteiger charge is -2.08. The molecule has 0 saturated heterocycles. The van der Waals surface area contributed by atoms with Crippen LogP contribution in [0.2, 0.25) is 0 Å². The van der Waals surface area contributed by atoms with Gasteiger partial charge in [0, 0.05) is 23.4 Å². The number of amides is 2. The van der Waals surface area contributed by atoms with Crippen LogP contribution in [-0.2, 0) is 11.4 Å². The van der Waals surface area contributed by atoms with Gasteiger partial charge >= 0.3 is 0 Å². The molecule has 3 aromatic rings. The molecule has 3 aromatic carbocycles. The average molecular weight is 388 g/mol. The predicted molar refractivity (Wildman–Crippen MR) is 111 cm³/mol. The van der Waals surface area contributed by atoms with E-state index in [1.54, 1.807) is 48.0 Å². The molecule has 146 valence electrons. The first-order valence-corrected chi connectivity index (χ1v) is 8.94. The van der Waals surface area contributed by atoms with Crippen LogP contribution in [0.3, 0.4) is 0 Å². The van der Waals surface area contributed by atoms with Gasteiger partial charge in [-0.3, -0.25) is 14.8 Å². The molecule has 6 nitrogen and oxygen atoms in total. The molecule has 0 aliphatic rings. The van der Waals surface area contributed by atoms with Crippen LogP contribution in [0.4, 0.5) is 5.69 Å². The van der Waals surface area contributed by atoms with Gasteiger partial charge in [0.15, 0.2) is 0 Å². The second kappa shape index (κ2) is 9.87. The fraction of sp³-hybridized carbons (Fsp3) is 0.0435. The molecule has 2 amide bonds. The molecular formula is C23H20N2O4. The number of carbonyl (C=O) groups excluding carboxylic acids is 2.